The van der Waals surface area contributed by atoms with E-state index in [0.29, 0.717) is 15.6 Å². The van der Waals surface area contributed by atoms with Crippen LogP contribution in [0.1, 0.15) is 25.7 Å². The number of carbonyl (C=O) groups is 2. The van der Waals surface area contributed by atoms with Crippen molar-refractivity contribution >= 4 is 23.2 Å². The lowest BCUT2D eigenvalue weighted by molar-refractivity contribution is 0.0848. The Morgan fingerprint density at radius 3 is 2.35 bits per heavy atom. The summed E-state index contributed by atoms with van der Waals surface area (Å²) in [6, 6.07) is 12.1. The predicted molar refractivity (Wildman–Crippen MR) is 93.6 cm³/mol. The number of nitrogens with one attached hydrogen (secondary N) is 2. The van der Waals surface area contributed by atoms with E-state index >= 15 is 0 Å². The van der Waals surface area contributed by atoms with E-state index in [1.54, 1.807) is 6.92 Å². The molecule has 0 aliphatic carbocycles. The number of aryl methyl sites for hydroxylation is 1. The van der Waals surface area contributed by atoms with Gasteiger partial charge in [0.2, 0.25) is 0 Å². The summed E-state index contributed by atoms with van der Waals surface area (Å²) < 4.78 is 26.1. The molecule has 3 aromatic rings. The van der Waals surface area contributed by atoms with E-state index in [1.807, 2.05) is 30.3 Å². The number of aromatic nitrogens is 1. The maximum absolute atomic E-state index is 13.2. The molecule has 1 aromatic heterocycles. The van der Waals surface area contributed by atoms with Gasteiger partial charge in [0.1, 0.15) is 9.88 Å². The third kappa shape index (κ3) is 3.75. The summed E-state index contributed by atoms with van der Waals surface area (Å²) in [7, 11) is 0. The normalized spacial score (nSPS) is 10.4. The van der Waals surface area contributed by atoms with Gasteiger partial charge in [-0.3, -0.25) is 20.4 Å². The molecular formula is C18H13F2N3O2S. The van der Waals surface area contributed by atoms with E-state index in [0.717, 1.165) is 23.8 Å². The van der Waals surface area contributed by atoms with E-state index in [1.165, 1.54) is 11.3 Å². The van der Waals surface area contributed by atoms with Crippen LogP contribution in [0, 0.1) is 18.6 Å². The highest BCUT2D eigenvalue weighted by molar-refractivity contribution is 7.17. The minimum absolute atomic E-state index is 0.116. The zero-order chi connectivity index (χ0) is 18.7. The zero-order valence-corrected chi connectivity index (χ0v) is 14.4. The average Bonchev–Trinajstić information content (AvgIpc) is 3.04. The number of nitrogens with zero attached hydrogens (tertiary/aromatic N) is 1. The van der Waals surface area contributed by atoms with Gasteiger partial charge in [-0.05, 0) is 25.1 Å². The summed E-state index contributed by atoms with van der Waals surface area (Å²) in [5.74, 6) is -3.50. The van der Waals surface area contributed by atoms with Gasteiger partial charge in [-0.2, -0.15) is 0 Å². The third-order valence-corrected chi connectivity index (χ3v) is 4.70. The van der Waals surface area contributed by atoms with Crippen LogP contribution in [-0.2, 0) is 0 Å². The van der Waals surface area contributed by atoms with Gasteiger partial charge in [-0.1, -0.05) is 30.3 Å². The van der Waals surface area contributed by atoms with E-state index < -0.39 is 23.4 Å². The van der Waals surface area contributed by atoms with Crippen molar-refractivity contribution in [2.24, 2.45) is 0 Å². The SMILES string of the molecule is Cc1nc(-c2ccccc2)sc1C(=O)NNC(=O)c1ccc(F)c(F)c1. The van der Waals surface area contributed by atoms with Gasteiger partial charge in [0, 0.05) is 11.1 Å². The Morgan fingerprint density at radius 1 is 0.962 bits per heavy atom. The van der Waals surface area contributed by atoms with Crippen molar-refractivity contribution in [3.05, 3.63) is 76.3 Å². The molecule has 26 heavy (non-hydrogen) atoms. The molecule has 8 heteroatoms. The first-order chi connectivity index (χ1) is 12.5. The van der Waals surface area contributed by atoms with Crippen molar-refractivity contribution in [1.82, 2.24) is 15.8 Å². The smallest absolute Gasteiger partial charge is 0.267 e. The Balaban J connectivity index is 1.69. The summed E-state index contributed by atoms with van der Waals surface area (Å²) in [5, 5.41) is 0.681. The number of benzene rings is 2. The van der Waals surface area contributed by atoms with Crippen LogP contribution in [0.3, 0.4) is 0 Å². The number of carbonyl (C=O) groups excluding carboxylic acids is 2. The molecule has 0 unspecified atom stereocenters. The summed E-state index contributed by atoms with van der Waals surface area (Å²) in [6.07, 6.45) is 0. The molecule has 0 bridgehead atoms. The highest BCUT2D eigenvalue weighted by Gasteiger charge is 2.17. The second-order valence-corrected chi connectivity index (χ2v) is 6.34. The highest BCUT2D eigenvalue weighted by Crippen LogP contribution is 2.27. The Kier molecular flexibility index (Phi) is 5.04. The first-order valence-electron chi connectivity index (χ1n) is 7.54. The fraction of sp³-hybridized carbons (Fsp3) is 0.0556. The molecule has 0 aliphatic rings. The molecule has 3 rings (SSSR count). The number of halogens is 2. The number of hydrazine groups is 1. The molecule has 2 N–H and O–H groups in total. The van der Waals surface area contributed by atoms with E-state index in [-0.39, 0.29) is 5.56 Å². The molecule has 2 aromatic carbocycles. The van der Waals surface area contributed by atoms with Crippen LogP contribution in [0.15, 0.2) is 48.5 Å². The van der Waals surface area contributed by atoms with Crippen molar-refractivity contribution in [2.75, 3.05) is 0 Å². The summed E-state index contributed by atoms with van der Waals surface area (Å²) in [4.78, 5) is 28.9. The zero-order valence-electron chi connectivity index (χ0n) is 13.5. The molecule has 0 aliphatic heterocycles. The lowest BCUT2D eigenvalue weighted by Gasteiger charge is -2.06. The van der Waals surface area contributed by atoms with Gasteiger partial charge in [-0.15, -0.1) is 11.3 Å². The van der Waals surface area contributed by atoms with E-state index in [9.17, 15) is 18.4 Å². The van der Waals surface area contributed by atoms with Crippen LogP contribution in [-0.4, -0.2) is 16.8 Å². The van der Waals surface area contributed by atoms with Gasteiger partial charge >= 0.3 is 0 Å². The molecule has 0 spiro atoms. The Morgan fingerprint density at radius 2 is 1.65 bits per heavy atom. The topological polar surface area (TPSA) is 71.1 Å². The monoisotopic (exact) mass is 373 g/mol. The van der Waals surface area contributed by atoms with E-state index in [2.05, 4.69) is 15.8 Å². The van der Waals surface area contributed by atoms with Crippen LogP contribution in [0.2, 0.25) is 0 Å². The fourth-order valence-electron chi connectivity index (χ4n) is 2.19. The molecule has 2 amide bonds. The van der Waals surface area contributed by atoms with Crippen molar-refractivity contribution in [3.63, 3.8) is 0 Å². The number of amides is 2. The van der Waals surface area contributed by atoms with Crippen molar-refractivity contribution in [3.8, 4) is 10.6 Å². The van der Waals surface area contributed by atoms with Gasteiger partial charge in [-0.25, -0.2) is 13.8 Å². The molecular weight excluding hydrogens is 360 g/mol. The second kappa shape index (κ2) is 7.40. The molecule has 5 nitrogen and oxygen atoms in total. The average molecular weight is 373 g/mol. The third-order valence-electron chi connectivity index (χ3n) is 3.49. The lowest BCUT2D eigenvalue weighted by atomic mass is 10.2. The van der Waals surface area contributed by atoms with Crippen LogP contribution < -0.4 is 10.9 Å². The quantitative estimate of drug-likeness (QED) is 0.691. The standard InChI is InChI=1S/C18H13F2N3O2S/c1-10-15(26-18(21-10)11-5-3-2-4-6-11)17(25)23-22-16(24)12-7-8-13(19)14(20)9-12/h2-9H,1H3,(H,22,24)(H,23,25). The molecule has 1 heterocycles. The lowest BCUT2D eigenvalue weighted by Crippen LogP contribution is -2.41. The second-order valence-electron chi connectivity index (χ2n) is 5.34. The number of thiazole rings is 1. The van der Waals surface area contributed by atoms with Gasteiger partial charge in [0.25, 0.3) is 11.8 Å². The molecule has 0 radical (unpaired) electrons. The molecule has 0 saturated heterocycles. The Labute approximate surface area is 151 Å². The van der Waals surface area contributed by atoms with Gasteiger partial charge in [0.05, 0.1) is 5.69 Å². The largest absolute Gasteiger partial charge is 0.281 e. The molecule has 0 atom stereocenters. The summed E-state index contributed by atoms with van der Waals surface area (Å²) >= 11 is 1.19. The Bertz CT molecular complexity index is 974. The number of rotatable bonds is 3. The van der Waals surface area contributed by atoms with Crippen LogP contribution >= 0.6 is 11.3 Å². The summed E-state index contributed by atoms with van der Waals surface area (Å²) in [6.45, 7) is 1.69. The van der Waals surface area contributed by atoms with Crippen LogP contribution in [0.5, 0.6) is 0 Å². The van der Waals surface area contributed by atoms with E-state index in [4.69, 9.17) is 0 Å². The van der Waals surface area contributed by atoms with Crippen LogP contribution in [0.25, 0.3) is 10.6 Å². The van der Waals surface area contributed by atoms with Crippen LogP contribution in [0.4, 0.5) is 8.78 Å². The van der Waals surface area contributed by atoms with Gasteiger partial charge in [0.15, 0.2) is 11.6 Å². The predicted octanol–water partition coefficient (Wildman–Crippen LogP) is 3.47. The van der Waals surface area contributed by atoms with Gasteiger partial charge < -0.3 is 0 Å². The summed E-state index contributed by atoms with van der Waals surface area (Å²) in [5.41, 5.74) is 5.71. The molecule has 132 valence electrons. The first kappa shape index (κ1) is 17.7. The minimum Gasteiger partial charge on any atom is -0.267 e. The highest BCUT2D eigenvalue weighted by atomic mass is 32.1. The molecule has 0 saturated carbocycles. The Hall–Kier alpha value is -3.13. The van der Waals surface area contributed by atoms with Crippen molar-refractivity contribution in [1.29, 1.82) is 0 Å². The molecule has 0 fully saturated rings. The first-order valence-corrected chi connectivity index (χ1v) is 8.36. The number of hydrogen-bond donors (Lipinski definition) is 2. The van der Waals surface area contributed by atoms with Crippen molar-refractivity contribution < 1.29 is 18.4 Å². The maximum Gasteiger partial charge on any atom is 0.281 e. The fourth-order valence-corrected chi connectivity index (χ4v) is 3.16. The minimum atomic E-state index is -1.14. The number of hydrogen-bond acceptors (Lipinski definition) is 4. The maximum atomic E-state index is 13.2. The van der Waals surface area contributed by atoms with Crippen molar-refractivity contribution in [2.45, 2.75) is 6.92 Å².